The number of ether oxygens (including phenoxy) is 1. The van der Waals surface area contributed by atoms with Gasteiger partial charge in [0, 0.05) is 12.1 Å². The lowest BCUT2D eigenvalue weighted by molar-refractivity contribution is -0.384. The Morgan fingerprint density at radius 2 is 1.95 bits per heavy atom. The molecule has 0 unspecified atom stereocenters. The van der Waals surface area contributed by atoms with Crippen molar-refractivity contribution in [1.29, 1.82) is 0 Å². The summed E-state index contributed by atoms with van der Waals surface area (Å²) in [4.78, 5) is 10.3. The van der Waals surface area contributed by atoms with Gasteiger partial charge < -0.3 is 9.84 Å². The van der Waals surface area contributed by atoms with Gasteiger partial charge in [-0.25, -0.2) is 0 Å². The summed E-state index contributed by atoms with van der Waals surface area (Å²) in [6.45, 7) is 0. The van der Waals surface area contributed by atoms with E-state index < -0.39 is 4.92 Å². The Morgan fingerprint density at radius 3 is 2.65 bits per heavy atom. The molecule has 0 aromatic heterocycles. The zero-order chi connectivity index (χ0) is 14.5. The van der Waals surface area contributed by atoms with Crippen molar-refractivity contribution in [2.24, 2.45) is 10.2 Å². The van der Waals surface area contributed by atoms with Gasteiger partial charge in [-0.1, -0.05) is 12.1 Å². The quantitative estimate of drug-likeness (QED) is 0.521. The summed E-state index contributed by atoms with van der Waals surface area (Å²) in [5, 5.41) is 28.0. The predicted octanol–water partition coefficient (Wildman–Crippen LogP) is 3.72. The Kier molecular flexibility index (Phi) is 3.90. The van der Waals surface area contributed by atoms with Crippen molar-refractivity contribution in [1.82, 2.24) is 0 Å². The normalized spacial score (nSPS) is 10.7. The van der Waals surface area contributed by atoms with E-state index in [0.29, 0.717) is 5.69 Å². The van der Waals surface area contributed by atoms with Crippen LogP contribution in [0.2, 0.25) is 0 Å². The zero-order valence-electron chi connectivity index (χ0n) is 10.6. The Balaban J connectivity index is 2.32. The minimum absolute atomic E-state index is 0.0165. The molecule has 0 saturated carbocycles. The first-order valence-electron chi connectivity index (χ1n) is 5.64. The van der Waals surface area contributed by atoms with Gasteiger partial charge in [-0.15, -0.1) is 5.11 Å². The maximum Gasteiger partial charge on any atom is 0.296 e. The van der Waals surface area contributed by atoms with Crippen LogP contribution < -0.4 is 4.74 Å². The fourth-order valence-electron chi connectivity index (χ4n) is 1.54. The second kappa shape index (κ2) is 5.79. The highest BCUT2D eigenvalue weighted by atomic mass is 16.6. The van der Waals surface area contributed by atoms with Gasteiger partial charge in [0.15, 0.2) is 17.2 Å². The third kappa shape index (κ3) is 2.89. The molecule has 20 heavy (non-hydrogen) atoms. The number of nitro groups is 1. The van der Waals surface area contributed by atoms with Crippen molar-refractivity contribution in [3.05, 3.63) is 52.6 Å². The molecule has 0 heterocycles. The number of methoxy groups -OCH3 is 1. The van der Waals surface area contributed by atoms with Gasteiger partial charge in [-0.2, -0.15) is 5.11 Å². The summed E-state index contributed by atoms with van der Waals surface area (Å²) in [7, 11) is 1.41. The first-order valence-corrected chi connectivity index (χ1v) is 5.64. The monoisotopic (exact) mass is 273 g/mol. The van der Waals surface area contributed by atoms with E-state index in [4.69, 9.17) is 4.74 Å². The number of phenolic OH excluding ortho intramolecular Hbond substituents is 1. The van der Waals surface area contributed by atoms with Crippen LogP contribution in [0.3, 0.4) is 0 Å². The average molecular weight is 273 g/mol. The lowest BCUT2D eigenvalue weighted by Crippen LogP contribution is -1.87. The largest absolute Gasteiger partial charge is 0.504 e. The first kappa shape index (κ1) is 13.5. The maximum absolute atomic E-state index is 10.8. The van der Waals surface area contributed by atoms with E-state index in [0.717, 1.165) is 0 Å². The fourth-order valence-corrected chi connectivity index (χ4v) is 1.54. The van der Waals surface area contributed by atoms with Gasteiger partial charge in [0.25, 0.3) is 5.69 Å². The standard InChI is InChI=1S/C13H11N3O4/c1-20-13-8-9(6-7-12(13)17)14-15-10-4-2-3-5-11(10)16(18)19/h2-8,17H,1H3. The Bertz CT molecular complexity index is 670. The number of benzene rings is 2. The van der Waals surface area contributed by atoms with Gasteiger partial charge in [-0.05, 0) is 18.2 Å². The topological polar surface area (TPSA) is 97.3 Å². The molecule has 0 aliphatic heterocycles. The number of nitrogens with zero attached hydrogens (tertiary/aromatic N) is 3. The molecule has 0 saturated heterocycles. The highest BCUT2D eigenvalue weighted by Crippen LogP contribution is 2.32. The summed E-state index contributed by atoms with van der Waals surface area (Å²) >= 11 is 0. The minimum Gasteiger partial charge on any atom is -0.504 e. The van der Waals surface area contributed by atoms with E-state index in [1.807, 2.05) is 0 Å². The van der Waals surface area contributed by atoms with Gasteiger partial charge in [0.1, 0.15) is 0 Å². The van der Waals surface area contributed by atoms with E-state index >= 15 is 0 Å². The van der Waals surface area contributed by atoms with Crippen LogP contribution in [0.15, 0.2) is 52.7 Å². The van der Waals surface area contributed by atoms with Crippen LogP contribution in [-0.2, 0) is 0 Å². The lowest BCUT2D eigenvalue weighted by Gasteiger charge is -2.02. The number of azo groups is 1. The number of aromatic hydroxyl groups is 1. The van der Waals surface area contributed by atoms with E-state index in [1.165, 1.54) is 37.4 Å². The minimum atomic E-state index is -0.522. The van der Waals surface area contributed by atoms with Crippen molar-refractivity contribution in [2.75, 3.05) is 7.11 Å². The number of hydrogen-bond acceptors (Lipinski definition) is 6. The third-order valence-corrected chi connectivity index (χ3v) is 2.51. The third-order valence-electron chi connectivity index (χ3n) is 2.51. The molecule has 2 rings (SSSR count). The SMILES string of the molecule is COc1cc(N=Nc2ccccc2[N+](=O)[O-])ccc1O. The molecule has 2 aromatic rings. The molecule has 0 spiro atoms. The Morgan fingerprint density at radius 1 is 1.20 bits per heavy atom. The molecule has 7 heteroatoms. The van der Waals surface area contributed by atoms with Crippen LogP contribution in [0.25, 0.3) is 0 Å². The molecule has 102 valence electrons. The summed E-state index contributed by atoms with van der Waals surface area (Å²) in [5.41, 5.74) is 0.448. The predicted molar refractivity (Wildman–Crippen MR) is 71.9 cm³/mol. The molecule has 2 aromatic carbocycles. The molecule has 0 radical (unpaired) electrons. The molecule has 0 atom stereocenters. The number of nitro benzene ring substituents is 1. The second-order valence-electron chi connectivity index (χ2n) is 3.80. The number of rotatable bonds is 4. The van der Waals surface area contributed by atoms with Gasteiger partial charge in [-0.3, -0.25) is 10.1 Å². The molecular formula is C13H11N3O4. The van der Waals surface area contributed by atoms with Gasteiger partial charge in [0.2, 0.25) is 0 Å². The molecule has 1 N–H and O–H groups in total. The molecule has 0 bridgehead atoms. The Hall–Kier alpha value is -2.96. The van der Waals surface area contributed by atoms with E-state index in [2.05, 4.69) is 10.2 Å². The number of hydrogen-bond donors (Lipinski definition) is 1. The van der Waals surface area contributed by atoms with Crippen LogP contribution >= 0.6 is 0 Å². The summed E-state index contributed by atoms with van der Waals surface area (Å²) in [6.07, 6.45) is 0. The van der Waals surface area contributed by atoms with Crippen molar-refractivity contribution >= 4 is 17.1 Å². The van der Waals surface area contributed by atoms with Crippen LogP contribution in [0.1, 0.15) is 0 Å². The summed E-state index contributed by atoms with van der Waals surface area (Å²) in [6, 6.07) is 10.5. The Labute approximate surface area is 114 Å². The van der Waals surface area contributed by atoms with Crippen molar-refractivity contribution in [2.45, 2.75) is 0 Å². The molecule has 0 aliphatic rings. The van der Waals surface area contributed by atoms with Crippen LogP contribution in [-0.4, -0.2) is 17.1 Å². The van der Waals surface area contributed by atoms with Crippen LogP contribution in [0.4, 0.5) is 17.1 Å². The lowest BCUT2D eigenvalue weighted by atomic mass is 10.3. The summed E-state index contributed by atoms with van der Waals surface area (Å²) < 4.78 is 4.94. The molecule has 0 fully saturated rings. The van der Waals surface area contributed by atoms with Crippen molar-refractivity contribution < 1.29 is 14.8 Å². The second-order valence-corrected chi connectivity index (χ2v) is 3.80. The van der Waals surface area contributed by atoms with Crippen LogP contribution in [0.5, 0.6) is 11.5 Å². The zero-order valence-corrected chi connectivity index (χ0v) is 10.6. The average Bonchev–Trinajstić information content (AvgIpc) is 2.46. The number of phenols is 1. The molecule has 7 nitrogen and oxygen atoms in total. The highest BCUT2D eigenvalue weighted by Gasteiger charge is 2.11. The highest BCUT2D eigenvalue weighted by molar-refractivity contribution is 5.57. The smallest absolute Gasteiger partial charge is 0.296 e. The number of para-hydroxylation sites is 1. The maximum atomic E-state index is 10.8. The molecule has 0 aliphatic carbocycles. The van der Waals surface area contributed by atoms with E-state index in [9.17, 15) is 15.2 Å². The summed E-state index contributed by atoms with van der Waals surface area (Å²) in [5.74, 6) is 0.237. The van der Waals surface area contributed by atoms with Crippen LogP contribution in [0, 0.1) is 10.1 Å². The van der Waals surface area contributed by atoms with E-state index in [1.54, 1.807) is 12.1 Å². The van der Waals surface area contributed by atoms with Crippen molar-refractivity contribution in [3.63, 3.8) is 0 Å². The van der Waals surface area contributed by atoms with Crippen molar-refractivity contribution in [3.8, 4) is 11.5 Å². The van der Waals surface area contributed by atoms with Gasteiger partial charge >= 0.3 is 0 Å². The molecule has 0 amide bonds. The first-order chi connectivity index (χ1) is 9.61. The van der Waals surface area contributed by atoms with Gasteiger partial charge in [0.05, 0.1) is 17.7 Å². The molecular weight excluding hydrogens is 262 g/mol. The van der Waals surface area contributed by atoms with E-state index in [-0.39, 0.29) is 22.9 Å². The fraction of sp³-hybridized carbons (Fsp3) is 0.0769.